The molecule has 108 valence electrons. The van der Waals surface area contributed by atoms with Crippen LogP contribution in [0.15, 0.2) is 10.4 Å². The predicted octanol–water partition coefficient (Wildman–Crippen LogP) is 2.97. The van der Waals surface area contributed by atoms with Crippen LogP contribution in [0.3, 0.4) is 0 Å². The quantitative estimate of drug-likeness (QED) is 0.487. The molecule has 0 saturated carbocycles. The summed E-state index contributed by atoms with van der Waals surface area (Å²) in [5.74, 6) is 1.06. The maximum atomic E-state index is 6.04. The van der Waals surface area contributed by atoms with Gasteiger partial charge in [-0.15, -0.1) is 35.3 Å². The monoisotopic (exact) mass is 394 g/mol. The standard InChI is InChI=1S/C13H22N4S.HI/c1-10(12-16-11(2)9-18-12)8-15-13(14)17-6-4-3-5-7-17;/h9-10H,3-8H2,1-2H3,(H2,14,15);1H. The maximum absolute atomic E-state index is 6.04. The minimum atomic E-state index is 0. The van der Waals surface area contributed by atoms with Gasteiger partial charge < -0.3 is 10.6 Å². The van der Waals surface area contributed by atoms with Crippen LogP contribution in [0.2, 0.25) is 0 Å². The number of aryl methyl sites for hydroxylation is 1. The first-order valence-electron chi connectivity index (χ1n) is 6.63. The van der Waals surface area contributed by atoms with Crippen LogP contribution in [0.1, 0.15) is 42.8 Å². The molecule has 1 unspecified atom stereocenters. The van der Waals surface area contributed by atoms with E-state index in [0.717, 1.165) is 30.3 Å². The van der Waals surface area contributed by atoms with Crippen LogP contribution in [0.25, 0.3) is 0 Å². The summed E-state index contributed by atoms with van der Waals surface area (Å²) < 4.78 is 0. The van der Waals surface area contributed by atoms with Crippen molar-refractivity contribution in [3.05, 3.63) is 16.1 Å². The van der Waals surface area contributed by atoms with E-state index in [9.17, 15) is 0 Å². The van der Waals surface area contributed by atoms with E-state index in [1.165, 1.54) is 19.3 Å². The third kappa shape index (κ3) is 4.91. The van der Waals surface area contributed by atoms with E-state index in [1.807, 2.05) is 6.92 Å². The number of likely N-dealkylation sites (tertiary alicyclic amines) is 1. The van der Waals surface area contributed by atoms with Gasteiger partial charge in [-0.2, -0.15) is 0 Å². The molecule has 0 aromatic carbocycles. The first kappa shape index (κ1) is 16.7. The Hall–Kier alpha value is -0.370. The second kappa shape index (κ2) is 8.04. The lowest BCUT2D eigenvalue weighted by molar-refractivity contribution is 0.338. The molecule has 1 aromatic heterocycles. The van der Waals surface area contributed by atoms with Crippen molar-refractivity contribution in [2.24, 2.45) is 10.7 Å². The van der Waals surface area contributed by atoms with Crippen LogP contribution in [0.4, 0.5) is 0 Å². The van der Waals surface area contributed by atoms with Gasteiger partial charge in [-0.25, -0.2) is 4.98 Å². The molecule has 0 aliphatic carbocycles. The van der Waals surface area contributed by atoms with Crippen molar-refractivity contribution in [3.63, 3.8) is 0 Å². The molecule has 1 aliphatic rings. The zero-order valence-corrected chi connectivity index (χ0v) is 14.8. The van der Waals surface area contributed by atoms with Gasteiger partial charge >= 0.3 is 0 Å². The number of nitrogens with two attached hydrogens (primary N) is 1. The van der Waals surface area contributed by atoms with E-state index in [0.29, 0.717) is 11.9 Å². The van der Waals surface area contributed by atoms with E-state index in [1.54, 1.807) is 11.3 Å². The van der Waals surface area contributed by atoms with E-state index in [2.05, 4.69) is 27.2 Å². The lowest BCUT2D eigenvalue weighted by Gasteiger charge is -2.27. The highest BCUT2D eigenvalue weighted by Gasteiger charge is 2.13. The number of rotatable bonds is 3. The van der Waals surface area contributed by atoms with Crippen molar-refractivity contribution in [2.75, 3.05) is 19.6 Å². The van der Waals surface area contributed by atoms with Crippen molar-refractivity contribution in [1.29, 1.82) is 0 Å². The average Bonchev–Trinajstić information content (AvgIpc) is 2.83. The first-order chi connectivity index (χ1) is 8.66. The molecule has 6 heteroatoms. The Bertz CT molecular complexity index is 413. The smallest absolute Gasteiger partial charge is 0.191 e. The molecule has 1 aliphatic heterocycles. The summed E-state index contributed by atoms with van der Waals surface area (Å²) in [4.78, 5) is 11.2. The van der Waals surface area contributed by atoms with E-state index in [4.69, 9.17) is 5.73 Å². The number of guanidine groups is 1. The zero-order chi connectivity index (χ0) is 13.0. The Balaban J connectivity index is 0.00000180. The van der Waals surface area contributed by atoms with Gasteiger partial charge in [0.25, 0.3) is 0 Å². The van der Waals surface area contributed by atoms with Crippen molar-refractivity contribution >= 4 is 41.3 Å². The van der Waals surface area contributed by atoms with Crippen LogP contribution in [-0.4, -0.2) is 35.5 Å². The van der Waals surface area contributed by atoms with Crippen molar-refractivity contribution < 1.29 is 0 Å². The molecule has 4 nitrogen and oxygen atoms in total. The summed E-state index contributed by atoms with van der Waals surface area (Å²) in [6, 6.07) is 0. The van der Waals surface area contributed by atoms with Gasteiger partial charge in [0.15, 0.2) is 5.96 Å². The fraction of sp³-hybridized carbons (Fsp3) is 0.692. The van der Waals surface area contributed by atoms with E-state index < -0.39 is 0 Å². The molecular weight excluding hydrogens is 371 g/mol. The molecule has 2 rings (SSSR count). The highest BCUT2D eigenvalue weighted by atomic mass is 127. The highest BCUT2D eigenvalue weighted by Crippen LogP contribution is 2.20. The van der Waals surface area contributed by atoms with Crippen LogP contribution >= 0.6 is 35.3 Å². The van der Waals surface area contributed by atoms with Crippen molar-refractivity contribution in [3.8, 4) is 0 Å². The number of hydrogen-bond acceptors (Lipinski definition) is 3. The van der Waals surface area contributed by atoms with Gasteiger partial charge in [0.05, 0.1) is 11.6 Å². The van der Waals surface area contributed by atoms with Crippen LogP contribution < -0.4 is 5.73 Å². The van der Waals surface area contributed by atoms with Crippen LogP contribution in [0, 0.1) is 6.92 Å². The van der Waals surface area contributed by atoms with Crippen molar-refractivity contribution in [2.45, 2.75) is 39.0 Å². The zero-order valence-electron chi connectivity index (χ0n) is 11.6. The average molecular weight is 394 g/mol. The van der Waals surface area contributed by atoms with Gasteiger partial charge in [0.2, 0.25) is 0 Å². The molecule has 2 heterocycles. The Morgan fingerprint density at radius 2 is 2.16 bits per heavy atom. The van der Waals surface area contributed by atoms with Gasteiger partial charge in [-0.05, 0) is 26.2 Å². The molecule has 0 spiro atoms. The topological polar surface area (TPSA) is 54.5 Å². The molecule has 0 amide bonds. The molecule has 1 atom stereocenters. The SMILES string of the molecule is Cc1csc(C(C)CN=C(N)N2CCCCC2)n1.I. The minimum Gasteiger partial charge on any atom is -0.370 e. The summed E-state index contributed by atoms with van der Waals surface area (Å²) in [7, 11) is 0. The summed E-state index contributed by atoms with van der Waals surface area (Å²) in [5, 5.41) is 3.24. The van der Waals surface area contributed by atoms with Crippen molar-refractivity contribution in [1.82, 2.24) is 9.88 Å². The summed E-state index contributed by atoms with van der Waals surface area (Å²) >= 11 is 1.71. The molecule has 19 heavy (non-hydrogen) atoms. The maximum Gasteiger partial charge on any atom is 0.191 e. The molecule has 1 fully saturated rings. The molecule has 0 radical (unpaired) electrons. The van der Waals surface area contributed by atoms with Gasteiger partial charge in [0.1, 0.15) is 0 Å². The number of aromatic nitrogens is 1. The normalized spacial score (nSPS) is 18.0. The molecule has 0 bridgehead atoms. The van der Waals surface area contributed by atoms with Gasteiger partial charge in [-0.1, -0.05) is 6.92 Å². The molecule has 1 aromatic rings. The fourth-order valence-electron chi connectivity index (χ4n) is 2.13. The third-order valence-electron chi connectivity index (χ3n) is 3.27. The molecule has 1 saturated heterocycles. The summed E-state index contributed by atoms with van der Waals surface area (Å²) in [5.41, 5.74) is 7.13. The number of piperidine rings is 1. The fourth-order valence-corrected chi connectivity index (χ4v) is 2.98. The third-order valence-corrected chi connectivity index (χ3v) is 4.46. The van der Waals surface area contributed by atoms with Crippen LogP contribution in [-0.2, 0) is 0 Å². The largest absolute Gasteiger partial charge is 0.370 e. The first-order valence-corrected chi connectivity index (χ1v) is 7.51. The minimum absolute atomic E-state index is 0. The van der Waals surface area contributed by atoms with Gasteiger partial charge in [0, 0.05) is 30.1 Å². The number of aliphatic imine (C=N–C) groups is 1. The number of thiazole rings is 1. The summed E-state index contributed by atoms with van der Waals surface area (Å²) in [6.45, 7) is 7.03. The number of nitrogens with zero attached hydrogens (tertiary/aromatic N) is 3. The molecule has 2 N–H and O–H groups in total. The van der Waals surface area contributed by atoms with Crippen LogP contribution in [0.5, 0.6) is 0 Å². The second-order valence-corrected chi connectivity index (χ2v) is 5.86. The lowest BCUT2D eigenvalue weighted by Crippen LogP contribution is -2.41. The Kier molecular flexibility index (Phi) is 7.06. The predicted molar refractivity (Wildman–Crippen MR) is 92.6 cm³/mol. The lowest BCUT2D eigenvalue weighted by atomic mass is 10.1. The van der Waals surface area contributed by atoms with E-state index >= 15 is 0 Å². The second-order valence-electron chi connectivity index (χ2n) is 4.97. The number of halogens is 1. The number of hydrogen-bond donors (Lipinski definition) is 1. The highest BCUT2D eigenvalue weighted by molar-refractivity contribution is 14.0. The molecular formula is C13H23IN4S. The Labute approximate surface area is 136 Å². The Morgan fingerprint density at radius 1 is 1.47 bits per heavy atom. The van der Waals surface area contributed by atoms with E-state index in [-0.39, 0.29) is 24.0 Å². The Morgan fingerprint density at radius 3 is 2.74 bits per heavy atom. The summed E-state index contributed by atoms with van der Waals surface area (Å²) in [6.07, 6.45) is 3.79. The van der Waals surface area contributed by atoms with Gasteiger partial charge in [-0.3, -0.25) is 4.99 Å².